The molecule has 312 valence electrons. The first-order chi connectivity index (χ1) is 25.8. The van der Waals surface area contributed by atoms with Gasteiger partial charge in [-0.1, -0.05) is 0 Å². The van der Waals surface area contributed by atoms with Crippen LogP contribution in [0.25, 0.3) is 0 Å². The highest BCUT2D eigenvalue weighted by atomic mass is 16.6. The summed E-state index contributed by atoms with van der Waals surface area (Å²) in [6.07, 6.45) is 0.834. The van der Waals surface area contributed by atoms with Gasteiger partial charge in [0, 0.05) is 78.7 Å². The van der Waals surface area contributed by atoms with Crippen molar-refractivity contribution >= 4 is 35.7 Å². The lowest BCUT2D eigenvalue weighted by Crippen LogP contribution is -2.32. The number of nitrogens with one attached hydrogen (secondary N) is 5. The molecule has 0 saturated heterocycles. The fraction of sp³-hybridized carbons (Fsp3) is 0.561. The van der Waals surface area contributed by atoms with Gasteiger partial charge in [0.15, 0.2) is 0 Å². The van der Waals surface area contributed by atoms with Crippen molar-refractivity contribution in [2.75, 3.05) is 27.3 Å². The Kier molecular flexibility index (Phi) is 18.3. The van der Waals surface area contributed by atoms with Crippen LogP contribution in [0.3, 0.4) is 0 Å². The van der Waals surface area contributed by atoms with Gasteiger partial charge in [-0.25, -0.2) is 19.2 Å². The Labute approximate surface area is 331 Å². The number of carbonyl (C=O) groups is 6. The van der Waals surface area contributed by atoms with Gasteiger partial charge in [-0.15, -0.1) is 0 Å². The van der Waals surface area contributed by atoms with Crippen LogP contribution in [-0.2, 0) is 47.7 Å². The molecule has 15 heteroatoms. The lowest BCUT2D eigenvalue weighted by Gasteiger charge is -2.27. The van der Waals surface area contributed by atoms with E-state index in [1.807, 2.05) is 55.4 Å². The average Bonchev–Trinajstić information content (AvgIpc) is 3.06. The number of rotatable bonds is 8. The second kappa shape index (κ2) is 21.1. The zero-order valence-electron chi connectivity index (χ0n) is 36.1. The SMILES string of the molecule is CC1=C(C(=O)OC(C)(C)C)CC(C(=O)OC(C)(C)C)=C(C)N1.CCOC(=O)C1=C(C)NC(C)=C(C(=O)OCC)C1.CNC(=O)C1=C(C)NC(C)=C(C(=O)NC)C1. The van der Waals surface area contributed by atoms with E-state index in [1.54, 1.807) is 55.6 Å². The Morgan fingerprint density at radius 1 is 0.464 bits per heavy atom. The summed E-state index contributed by atoms with van der Waals surface area (Å²) in [5.41, 5.74) is 6.38. The zero-order valence-corrected chi connectivity index (χ0v) is 36.1. The summed E-state index contributed by atoms with van der Waals surface area (Å²) in [4.78, 5) is 71.2. The minimum absolute atomic E-state index is 0.154. The van der Waals surface area contributed by atoms with Gasteiger partial charge in [0.05, 0.1) is 35.5 Å². The van der Waals surface area contributed by atoms with E-state index in [9.17, 15) is 28.8 Å². The van der Waals surface area contributed by atoms with E-state index in [0.29, 0.717) is 64.5 Å². The largest absolute Gasteiger partial charge is 0.463 e. The molecule has 3 heterocycles. The molecule has 3 aliphatic heterocycles. The van der Waals surface area contributed by atoms with Gasteiger partial charge in [-0.2, -0.15) is 0 Å². The van der Waals surface area contributed by atoms with E-state index in [2.05, 4.69) is 26.6 Å². The summed E-state index contributed by atoms with van der Waals surface area (Å²) < 4.78 is 20.7. The smallest absolute Gasteiger partial charge is 0.336 e. The van der Waals surface area contributed by atoms with Gasteiger partial charge in [0.25, 0.3) is 0 Å². The molecule has 0 aliphatic carbocycles. The van der Waals surface area contributed by atoms with Crippen molar-refractivity contribution in [2.24, 2.45) is 0 Å². The topological polar surface area (TPSA) is 199 Å². The van der Waals surface area contributed by atoms with Crippen molar-refractivity contribution in [1.82, 2.24) is 26.6 Å². The lowest BCUT2D eigenvalue weighted by molar-refractivity contribution is -0.151. The third kappa shape index (κ3) is 14.7. The molecule has 0 unspecified atom stereocenters. The van der Waals surface area contributed by atoms with Gasteiger partial charge >= 0.3 is 23.9 Å². The minimum atomic E-state index is -0.577. The fourth-order valence-electron chi connectivity index (χ4n) is 5.44. The van der Waals surface area contributed by atoms with Crippen molar-refractivity contribution in [3.8, 4) is 0 Å². The summed E-state index contributed by atoms with van der Waals surface area (Å²) in [6, 6.07) is 0. The second-order valence-corrected chi connectivity index (χ2v) is 15.1. The molecule has 5 N–H and O–H groups in total. The first kappa shape index (κ1) is 48.7. The monoisotopic (exact) mass is 785 g/mol. The predicted molar refractivity (Wildman–Crippen MR) is 213 cm³/mol. The average molecular weight is 786 g/mol. The summed E-state index contributed by atoms with van der Waals surface area (Å²) in [7, 11) is 3.15. The molecule has 3 rings (SSSR count). The van der Waals surface area contributed by atoms with E-state index >= 15 is 0 Å². The van der Waals surface area contributed by atoms with Crippen molar-refractivity contribution in [1.29, 1.82) is 0 Å². The Morgan fingerprint density at radius 3 is 0.929 bits per heavy atom. The van der Waals surface area contributed by atoms with Crippen LogP contribution in [0.15, 0.2) is 67.6 Å². The molecule has 0 saturated carbocycles. The zero-order chi connectivity index (χ0) is 43.3. The molecular weight excluding hydrogens is 722 g/mol. The standard InChI is InChI=1S/C17H27NO4.C13H19NO4.C11H17N3O2/c1-10-12(14(19)21-16(3,4)5)9-13(11(2)18-10)15(20)22-17(6,7)8;1-5-17-12(15)10-7-11(13(16)18-6-2)9(4)14-8(10)3;1-6-8(10(15)12-3)5-9(7(2)14-6)11(16)13-4/h18H,9H2,1-8H3;14H,5-7H2,1-4H3;14H,5H2,1-4H3,(H,12,15)(H,13,16). The maximum atomic E-state index is 12.3. The number of likely N-dealkylation sites (N-methyl/N-ethyl adjacent to an activating group) is 2. The Hall–Kier alpha value is -5.34. The first-order valence-corrected chi connectivity index (χ1v) is 18.6. The predicted octanol–water partition coefficient (Wildman–Crippen LogP) is 4.88. The molecule has 0 fully saturated rings. The summed E-state index contributed by atoms with van der Waals surface area (Å²) >= 11 is 0. The van der Waals surface area contributed by atoms with Crippen LogP contribution in [0.4, 0.5) is 0 Å². The molecule has 56 heavy (non-hydrogen) atoms. The van der Waals surface area contributed by atoms with E-state index in [0.717, 1.165) is 22.8 Å². The second-order valence-electron chi connectivity index (χ2n) is 15.1. The van der Waals surface area contributed by atoms with Gasteiger partial charge < -0.3 is 45.5 Å². The number of amides is 2. The van der Waals surface area contributed by atoms with Crippen LogP contribution in [0.1, 0.15) is 116 Å². The Bertz CT molecular complexity index is 1640. The molecule has 0 spiro atoms. The molecule has 2 amide bonds. The quantitative estimate of drug-likeness (QED) is 0.165. The highest BCUT2D eigenvalue weighted by Crippen LogP contribution is 2.28. The first-order valence-electron chi connectivity index (χ1n) is 18.6. The fourth-order valence-corrected chi connectivity index (χ4v) is 5.44. The van der Waals surface area contributed by atoms with Crippen LogP contribution < -0.4 is 26.6 Å². The number of hydrogen-bond acceptors (Lipinski definition) is 13. The minimum Gasteiger partial charge on any atom is -0.463 e. The van der Waals surface area contributed by atoms with Crippen LogP contribution in [-0.4, -0.2) is 74.2 Å². The van der Waals surface area contributed by atoms with E-state index in [1.165, 1.54) is 0 Å². The normalized spacial score (nSPS) is 15.9. The van der Waals surface area contributed by atoms with Crippen molar-refractivity contribution in [2.45, 2.75) is 127 Å². The maximum Gasteiger partial charge on any atom is 0.336 e. The number of esters is 4. The van der Waals surface area contributed by atoms with E-state index < -0.39 is 35.1 Å². The number of ether oxygens (including phenoxy) is 4. The van der Waals surface area contributed by atoms with Crippen LogP contribution >= 0.6 is 0 Å². The molecule has 0 aromatic heterocycles. The molecule has 3 aliphatic rings. The van der Waals surface area contributed by atoms with Gasteiger partial charge in [0.1, 0.15) is 11.2 Å². The number of allylic oxidation sites excluding steroid dienone is 6. The highest BCUT2D eigenvalue weighted by Gasteiger charge is 2.31. The van der Waals surface area contributed by atoms with Crippen LogP contribution in [0.5, 0.6) is 0 Å². The molecule has 0 radical (unpaired) electrons. The van der Waals surface area contributed by atoms with Gasteiger partial charge in [0.2, 0.25) is 11.8 Å². The van der Waals surface area contributed by atoms with Gasteiger partial charge in [-0.3, -0.25) is 9.59 Å². The van der Waals surface area contributed by atoms with Crippen molar-refractivity contribution < 1.29 is 47.7 Å². The van der Waals surface area contributed by atoms with E-state index in [-0.39, 0.29) is 24.7 Å². The number of hydrogen-bond donors (Lipinski definition) is 5. The van der Waals surface area contributed by atoms with Gasteiger partial charge in [-0.05, 0) is 96.9 Å². The third-order valence-electron chi connectivity index (χ3n) is 8.24. The maximum absolute atomic E-state index is 12.3. The third-order valence-corrected chi connectivity index (χ3v) is 8.24. The number of carbonyl (C=O) groups excluding carboxylic acids is 6. The Morgan fingerprint density at radius 2 is 0.696 bits per heavy atom. The summed E-state index contributed by atoms with van der Waals surface area (Å²) in [5, 5.41) is 14.3. The highest BCUT2D eigenvalue weighted by molar-refractivity contribution is 6.01. The molecule has 0 aromatic carbocycles. The molecule has 0 aromatic rings. The molecule has 15 nitrogen and oxygen atoms in total. The molecule has 0 bridgehead atoms. The Balaban J connectivity index is 0.000000426. The van der Waals surface area contributed by atoms with Crippen LogP contribution in [0, 0.1) is 0 Å². The molecule has 0 atom stereocenters. The van der Waals surface area contributed by atoms with E-state index in [4.69, 9.17) is 18.9 Å². The number of dihydropyridines is 3. The lowest BCUT2D eigenvalue weighted by atomic mass is 9.97. The summed E-state index contributed by atoms with van der Waals surface area (Å²) in [5.74, 6) is -1.91. The summed E-state index contributed by atoms with van der Waals surface area (Å²) in [6.45, 7) is 25.8. The van der Waals surface area contributed by atoms with Crippen LogP contribution in [0.2, 0.25) is 0 Å². The molecular formula is C41H63N5O10. The van der Waals surface area contributed by atoms with Crippen molar-refractivity contribution in [3.63, 3.8) is 0 Å². The van der Waals surface area contributed by atoms with Crippen molar-refractivity contribution in [3.05, 3.63) is 67.6 Å².